The fourth-order valence-corrected chi connectivity index (χ4v) is 0.118. The van der Waals surface area contributed by atoms with Crippen LogP contribution in [0.4, 0.5) is 0 Å². The van der Waals surface area contributed by atoms with Gasteiger partial charge in [0.05, 0.1) is 6.61 Å². The summed E-state index contributed by atoms with van der Waals surface area (Å²) in [6.45, 7) is 6.86. The van der Waals surface area contributed by atoms with E-state index in [9.17, 15) is 0 Å². The maximum Gasteiger partial charge on any atom is 0.0641 e. The Balaban J connectivity index is -0.0000000910. The van der Waals surface area contributed by atoms with Crippen LogP contribution < -0.4 is 0 Å². The highest BCUT2D eigenvalue weighted by atomic mass is 16.5. The molecule has 0 aromatic heterocycles. The highest BCUT2D eigenvalue weighted by molar-refractivity contribution is 4.62. The average molecular weight is 148 g/mol. The van der Waals surface area contributed by atoms with Crippen molar-refractivity contribution >= 4 is 0 Å². The van der Waals surface area contributed by atoms with Gasteiger partial charge in [-0.25, -0.2) is 0 Å². The Hall–Kier alpha value is -0.340. The zero-order chi connectivity index (χ0) is 7.54. The van der Waals surface area contributed by atoms with Gasteiger partial charge in [-0.3, -0.25) is 0 Å². The van der Waals surface area contributed by atoms with Crippen LogP contribution in [0.25, 0.3) is 0 Å². The SMILES string of the molecule is C.C=CCOC.CCOC. The fraction of sp³-hybridized carbons (Fsp3) is 0.750. The minimum absolute atomic E-state index is 0. The highest BCUT2D eigenvalue weighted by Gasteiger charge is 1.58. The molecule has 0 spiro atoms. The zero-order valence-electron chi connectivity index (χ0n) is 6.52. The van der Waals surface area contributed by atoms with Crippen molar-refractivity contribution < 1.29 is 9.47 Å². The number of ether oxygens (including phenoxy) is 2. The van der Waals surface area contributed by atoms with E-state index < -0.39 is 0 Å². The molecule has 0 aromatic carbocycles. The Morgan fingerprint density at radius 3 is 1.70 bits per heavy atom. The molecule has 0 aliphatic heterocycles. The summed E-state index contributed by atoms with van der Waals surface area (Å²) in [6.07, 6.45) is 1.71. The maximum atomic E-state index is 4.57. The molecule has 0 N–H and O–H groups in total. The van der Waals surface area contributed by atoms with Crippen LogP contribution in [0.3, 0.4) is 0 Å². The van der Waals surface area contributed by atoms with Gasteiger partial charge in [0.1, 0.15) is 0 Å². The van der Waals surface area contributed by atoms with Gasteiger partial charge in [0.2, 0.25) is 0 Å². The van der Waals surface area contributed by atoms with Crippen molar-refractivity contribution in [3.8, 4) is 0 Å². The molecule has 0 radical (unpaired) electrons. The van der Waals surface area contributed by atoms with Gasteiger partial charge in [0, 0.05) is 20.8 Å². The van der Waals surface area contributed by atoms with Gasteiger partial charge in [-0.1, -0.05) is 13.5 Å². The third-order valence-electron chi connectivity index (χ3n) is 0.573. The molecule has 0 amide bonds. The Kier molecular flexibility index (Phi) is 38.2. The summed E-state index contributed by atoms with van der Waals surface area (Å²) < 4.78 is 9.11. The van der Waals surface area contributed by atoms with Crippen molar-refractivity contribution in [2.45, 2.75) is 14.4 Å². The largest absolute Gasteiger partial charge is 0.385 e. The third-order valence-corrected chi connectivity index (χ3v) is 0.573. The summed E-state index contributed by atoms with van der Waals surface area (Å²) in [5.41, 5.74) is 0. The lowest BCUT2D eigenvalue weighted by atomic mass is 10.7. The van der Waals surface area contributed by atoms with E-state index in [2.05, 4.69) is 16.1 Å². The quantitative estimate of drug-likeness (QED) is 0.571. The first-order chi connectivity index (χ1) is 4.33. The molecule has 0 saturated carbocycles. The van der Waals surface area contributed by atoms with Crippen molar-refractivity contribution in [1.29, 1.82) is 0 Å². The molecule has 0 bridgehead atoms. The molecule has 2 heteroatoms. The standard InChI is InChI=1S/C4H8O.C3H8O.CH4/c1-3-4-5-2;1-3-4-2;/h3H,1,4H2,2H3;3H2,1-2H3;1H4. The normalized spacial score (nSPS) is 6.70. The van der Waals surface area contributed by atoms with E-state index in [1.54, 1.807) is 20.3 Å². The van der Waals surface area contributed by atoms with Crippen molar-refractivity contribution in [1.82, 2.24) is 0 Å². The zero-order valence-corrected chi connectivity index (χ0v) is 6.52. The fourth-order valence-electron chi connectivity index (χ4n) is 0.118. The lowest BCUT2D eigenvalue weighted by Crippen LogP contribution is -1.76. The minimum atomic E-state index is 0. The molecular weight excluding hydrogens is 128 g/mol. The van der Waals surface area contributed by atoms with E-state index in [4.69, 9.17) is 0 Å². The summed E-state index contributed by atoms with van der Waals surface area (Å²) in [7, 11) is 3.32. The van der Waals surface area contributed by atoms with Crippen LogP contribution >= 0.6 is 0 Å². The third kappa shape index (κ3) is 48.0. The second-order valence-electron chi connectivity index (χ2n) is 1.32. The van der Waals surface area contributed by atoms with Crippen molar-refractivity contribution in [3.05, 3.63) is 12.7 Å². The van der Waals surface area contributed by atoms with Crippen LogP contribution in [-0.2, 0) is 9.47 Å². The Morgan fingerprint density at radius 1 is 1.30 bits per heavy atom. The first-order valence-electron chi connectivity index (χ1n) is 2.92. The molecule has 0 saturated heterocycles. The van der Waals surface area contributed by atoms with E-state index in [1.165, 1.54) is 0 Å². The maximum absolute atomic E-state index is 4.57. The molecule has 0 unspecified atom stereocenters. The van der Waals surface area contributed by atoms with Crippen molar-refractivity contribution in [2.24, 2.45) is 0 Å². The van der Waals surface area contributed by atoms with Crippen molar-refractivity contribution in [3.63, 3.8) is 0 Å². The summed E-state index contributed by atoms with van der Waals surface area (Å²) in [5.74, 6) is 0. The predicted molar refractivity (Wildman–Crippen MR) is 46.4 cm³/mol. The lowest BCUT2D eigenvalue weighted by Gasteiger charge is -1.79. The molecule has 0 aliphatic carbocycles. The van der Waals surface area contributed by atoms with Crippen LogP contribution in [-0.4, -0.2) is 27.4 Å². The molecule has 64 valence electrons. The van der Waals surface area contributed by atoms with Gasteiger partial charge in [0.15, 0.2) is 0 Å². The van der Waals surface area contributed by atoms with E-state index in [0.29, 0.717) is 6.61 Å². The van der Waals surface area contributed by atoms with Crippen LogP contribution in [0, 0.1) is 0 Å². The molecule has 0 fully saturated rings. The second-order valence-corrected chi connectivity index (χ2v) is 1.32. The van der Waals surface area contributed by atoms with Crippen molar-refractivity contribution in [2.75, 3.05) is 27.4 Å². The molecule has 2 nitrogen and oxygen atoms in total. The van der Waals surface area contributed by atoms with Gasteiger partial charge >= 0.3 is 0 Å². The van der Waals surface area contributed by atoms with E-state index in [-0.39, 0.29) is 7.43 Å². The summed E-state index contributed by atoms with van der Waals surface area (Å²) in [6, 6.07) is 0. The number of methoxy groups -OCH3 is 2. The topological polar surface area (TPSA) is 18.5 Å². The second kappa shape index (κ2) is 23.4. The molecule has 0 aromatic rings. The van der Waals surface area contributed by atoms with Gasteiger partial charge in [0.25, 0.3) is 0 Å². The van der Waals surface area contributed by atoms with Gasteiger partial charge in [-0.2, -0.15) is 0 Å². The average Bonchev–Trinajstić information content (AvgIpc) is 1.91. The van der Waals surface area contributed by atoms with E-state index >= 15 is 0 Å². The number of hydrogen-bond acceptors (Lipinski definition) is 2. The molecule has 0 rings (SSSR count). The summed E-state index contributed by atoms with van der Waals surface area (Å²) in [5, 5.41) is 0. The molecule has 0 heterocycles. The van der Waals surface area contributed by atoms with E-state index in [0.717, 1.165) is 6.61 Å². The summed E-state index contributed by atoms with van der Waals surface area (Å²) >= 11 is 0. The smallest absolute Gasteiger partial charge is 0.0641 e. The molecule has 0 aliphatic rings. The molecule has 10 heavy (non-hydrogen) atoms. The predicted octanol–water partition coefficient (Wildman–Crippen LogP) is 2.11. The Morgan fingerprint density at radius 2 is 1.70 bits per heavy atom. The Labute approximate surface area is 64.8 Å². The van der Waals surface area contributed by atoms with Gasteiger partial charge < -0.3 is 9.47 Å². The van der Waals surface area contributed by atoms with Crippen LogP contribution in [0.5, 0.6) is 0 Å². The van der Waals surface area contributed by atoms with Crippen LogP contribution in [0.2, 0.25) is 0 Å². The first-order valence-corrected chi connectivity index (χ1v) is 2.92. The number of rotatable bonds is 3. The minimum Gasteiger partial charge on any atom is -0.385 e. The Bertz CT molecular complexity index is 42.5. The number of hydrogen-bond donors (Lipinski definition) is 0. The van der Waals surface area contributed by atoms with E-state index in [1.807, 2.05) is 6.92 Å². The van der Waals surface area contributed by atoms with Gasteiger partial charge in [-0.15, -0.1) is 6.58 Å². The highest BCUT2D eigenvalue weighted by Crippen LogP contribution is 1.60. The summed E-state index contributed by atoms with van der Waals surface area (Å²) in [4.78, 5) is 0. The first kappa shape index (κ1) is 16.3. The van der Waals surface area contributed by atoms with Gasteiger partial charge in [-0.05, 0) is 6.92 Å². The monoisotopic (exact) mass is 148 g/mol. The molecular formula is C8H20O2. The van der Waals surface area contributed by atoms with Crippen LogP contribution in [0.15, 0.2) is 12.7 Å². The van der Waals surface area contributed by atoms with Crippen LogP contribution in [0.1, 0.15) is 14.4 Å². The lowest BCUT2D eigenvalue weighted by molar-refractivity contribution is 0.215. The molecule has 0 atom stereocenters.